The van der Waals surface area contributed by atoms with Crippen molar-refractivity contribution in [3.05, 3.63) is 0 Å². The van der Waals surface area contributed by atoms with Gasteiger partial charge in [-0.3, -0.25) is 4.79 Å². The third kappa shape index (κ3) is 2.20. The maximum atomic E-state index is 12.2. The lowest BCUT2D eigenvalue weighted by Gasteiger charge is -2.65. The Morgan fingerprint density at radius 2 is 1.79 bits per heavy atom. The Bertz CT molecular complexity index is 388. The fraction of sp³-hybridized carbons (Fsp3) is 0.938. The van der Waals surface area contributed by atoms with E-state index in [2.05, 4.69) is 19.2 Å². The highest BCUT2D eigenvalue weighted by Gasteiger charge is 2.60. The molecule has 4 bridgehead atoms. The van der Waals surface area contributed by atoms with Crippen LogP contribution in [-0.4, -0.2) is 17.5 Å². The van der Waals surface area contributed by atoms with Gasteiger partial charge in [-0.15, -0.1) is 0 Å². The highest BCUT2D eigenvalue weighted by molar-refractivity contribution is 5.82. The Kier molecular flexibility index (Phi) is 2.80. The van der Waals surface area contributed by atoms with Gasteiger partial charge in [0.15, 0.2) is 0 Å². The van der Waals surface area contributed by atoms with Crippen LogP contribution in [0.5, 0.6) is 0 Å². The molecule has 0 aliphatic heterocycles. The molecule has 3 heteroatoms. The van der Waals surface area contributed by atoms with Gasteiger partial charge in [0.25, 0.3) is 0 Å². The van der Waals surface area contributed by atoms with E-state index in [9.17, 15) is 4.79 Å². The van der Waals surface area contributed by atoms with E-state index in [-0.39, 0.29) is 17.5 Å². The molecule has 4 rings (SSSR count). The van der Waals surface area contributed by atoms with E-state index < -0.39 is 0 Å². The molecule has 4 saturated carbocycles. The number of nitrogens with two attached hydrogens (primary N) is 1. The van der Waals surface area contributed by atoms with Gasteiger partial charge in [-0.25, -0.2) is 0 Å². The van der Waals surface area contributed by atoms with Gasteiger partial charge in [0.2, 0.25) is 5.91 Å². The van der Waals surface area contributed by atoms with E-state index in [1.54, 1.807) is 0 Å². The summed E-state index contributed by atoms with van der Waals surface area (Å²) in [5.74, 6) is 0.876. The van der Waals surface area contributed by atoms with Crippen molar-refractivity contribution in [3.63, 3.8) is 0 Å². The maximum Gasteiger partial charge on any atom is 0.237 e. The second-order valence-corrected chi connectivity index (χ2v) is 8.41. The van der Waals surface area contributed by atoms with Gasteiger partial charge in [-0.2, -0.15) is 0 Å². The molecule has 19 heavy (non-hydrogen) atoms. The second-order valence-electron chi connectivity index (χ2n) is 8.41. The molecule has 108 valence electrons. The van der Waals surface area contributed by atoms with Crippen molar-refractivity contribution in [2.75, 3.05) is 0 Å². The van der Waals surface area contributed by atoms with Crippen LogP contribution >= 0.6 is 0 Å². The van der Waals surface area contributed by atoms with E-state index in [1.165, 1.54) is 25.7 Å². The lowest BCUT2D eigenvalue weighted by molar-refractivity contribution is -0.140. The maximum absolute atomic E-state index is 12.2. The van der Waals surface area contributed by atoms with E-state index in [0.29, 0.717) is 10.8 Å². The summed E-state index contributed by atoms with van der Waals surface area (Å²) in [6, 6.07) is -0.339. The van der Waals surface area contributed by atoms with Gasteiger partial charge >= 0.3 is 0 Å². The normalized spacial score (nSPS) is 49.2. The number of carbonyl (C=O) groups excluding carboxylic acids is 1. The third-order valence-corrected chi connectivity index (χ3v) is 5.79. The van der Waals surface area contributed by atoms with Gasteiger partial charge in [0.05, 0.1) is 6.04 Å². The van der Waals surface area contributed by atoms with Crippen molar-refractivity contribution in [3.8, 4) is 0 Å². The number of nitrogens with one attached hydrogen (secondary N) is 1. The minimum atomic E-state index is -0.339. The van der Waals surface area contributed by atoms with Crippen LogP contribution in [0.3, 0.4) is 0 Å². The van der Waals surface area contributed by atoms with Crippen LogP contribution in [0, 0.1) is 16.7 Å². The van der Waals surface area contributed by atoms with Crippen molar-refractivity contribution < 1.29 is 4.79 Å². The van der Waals surface area contributed by atoms with Crippen molar-refractivity contribution in [1.29, 1.82) is 0 Å². The summed E-state index contributed by atoms with van der Waals surface area (Å²) in [5, 5.41) is 3.36. The summed E-state index contributed by atoms with van der Waals surface area (Å²) in [4.78, 5) is 12.2. The zero-order valence-electron chi connectivity index (χ0n) is 12.6. The zero-order chi connectivity index (χ0) is 13.9. The largest absolute Gasteiger partial charge is 0.349 e. The van der Waals surface area contributed by atoms with E-state index >= 15 is 0 Å². The second kappa shape index (κ2) is 3.97. The van der Waals surface area contributed by atoms with Crippen molar-refractivity contribution in [1.82, 2.24) is 5.32 Å². The molecule has 3 atom stereocenters. The van der Waals surface area contributed by atoms with Crippen LogP contribution in [0.2, 0.25) is 0 Å². The van der Waals surface area contributed by atoms with Crippen molar-refractivity contribution in [2.45, 2.75) is 77.3 Å². The molecule has 0 spiro atoms. The Balaban J connectivity index is 1.83. The lowest BCUT2D eigenvalue weighted by atomic mass is 9.43. The van der Waals surface area contributed by atoms with E-state index in [0.717, 1.165) is 25.2 Å². The zero-order valence-corrected chi connectivity index (χ0v) is 12.6. The van der Waals surface area contributed by atoms with E-state index in [1.807, 2.05) is 6.92 Å². The van der Waals surface area contributed by atoms with Crippen LogP contribution < -0.4 is 11.1 Å². The molecule has 1 amide bonds. The first-order chi connectivity index (χ1) is 8.77. The van der Waals surface area contributed by atoms with Crippen LogP contribution in [0.1, 0.15) is 65.7 Å². The molecule has 4 fully saturated rings. The predicted molar refractivity (Wildman–Crippen MR) is 76.5 cm³/mol. The van der Waals surface area contributed by atoms with Crippen LogP contribution in [-0.2, 0) is 4.79 Å². The first kappa shape index (κ1) is 13.4. The fourth-order valence-corrected chi connectivity index (χ4v) is 6.13. The Labute approximate surface area is 116 Å². The summed E-state index contributed by atoms with van der Waals surface area (Å²) in [5.41, 5.74) is 6.83. The minimum Gasteiger partial charge on any atom is -0.349 e. The molecule has 0 aromatic carbocycles. The van der Waals surface area contributed by atoms with Gasteiger partial charge in [0.1, 0.15) is 0 Å². The van der Waals surface area contributed by atoms with Gasteiger partial charge in [-0.05, 0) is 61.7 Å². The SMILES string of the molecule is CC[C@@H](N)C(=O)NC12CC3CC(C)(CC(C)(C3)C1)C2. The number of hydrogen-bond donors (Lipinski definition) is 2. The van der Waals surface area contributed by atoms with Gasteiger partial charge < -0.3 is 11.1 Å². The van der Waals surface area contributed by atoms with Crippen molar-refractivity contribution in [2.24, 2.45) is 22.5 Å². The summed E-state index contributed by atoms with van der Waals surface area (Å²) in [6.07, 6.45) is 8.29. The average Bonchev–Trinajstić information content (AvgIpc) is 2.21. The molecular weight excluding hydrogens is 236 g/mol. The summed E-state index contributed by atoms with van der Waals surface area (Å²) in [7, 11) is 0. The molecule has 0 aromatic heterocycles. The highest BCUT2D eigenvalue weighted by Crippen LogP contribution is 2.66. The van der Waals surface area contributed by atoms with Crippen LogP contribution in [0.15, 0.2) is 0 Å². The molecule has 0 heterocycles. The van der Waals surface area contributed by atoms with Gasteiger partial charge in [-0.1, -0.05) is 20.8 Å². The average molecular weight is 264 g/mol. The molecular formula is C16H28N2O. The summed E-state index contributed by atoms with van der Waals surface area (Å²) >= 11 is 0. The standard InChI is InChI=1S/C16H28N2O/c1-4-12(17)13(19)18-16-7-11-5-14(2,9-16)8-15(3,6-11)10-16/h11-12H,4-10,17H2,1-3H3,(H,18,19)/t11?,12-,14?,15?,16?/m1/s1. The van der Waals surface area contributed by atoms with Crippen molar-refractivity contribution >= 4 is 5.91 Å². The monoisotopic (exact) mass is 264 g/mol. The molecule has 2 unspecified atom stereocenters. The highest BCUT2D eigenvalue weighted by atomic mass is 16.2. The Morgan fingerprint density at radius 3 is 2.26 bits per heavy atom. The quantitative estimate of drug-likeness (QED) is 0.823. The molecule has 4 aliphatic rings. The number of rotatable bonds is 3. The van der Waals surface area contributed by atoms with E-state index in [4.69, 9.17) is 5.73 Å². The molecule has 0 radical (unpaired) electrons. The molecule has 0 saturated heterocycles. The van der Waals surface area contributed by atoms with Crippen LogP contribution in [0.25, 0.3) is 0 Å². The fourth-order valence-electron chi connectivity index (χ4n) is 6.13. The molecule has 0 aromatic rings. The number of amides is 1. The number of carbonyl (C=O) groups is 1. The third-order valence-electron chi connectivity index (χ3n) is 5.79. The van der Waals surface area contributed by atoms with Crippen LogP contribution in [0.4, 0.5) is 0 Å². The minimum absolute atomic E-state index is 0.0484. The molecule has 3 N–H and O–H groups in total. The lowest BCUT2D eigenvalue weighted by Crippen LogP contribution is -2.66. The smallest absolute Gasteiger partial charge is 0.237 e. The van der Waals surface area contributed by atoms with Gasteiger partial charge in [0, 0.05) is 5.54 Å². The Morgan fingerprint density at radius 1 is 1.21 bits per heavy atom. The summed E-state index contributed by atoms with van der Waals surface area (Å²) in [6.45, 7) is 6.83. The first-order valence-electron chi connectivity index (χ1n) is 7.85. The first-order valence-corrected chi connectivity index (χ1v) is 7.85. The predicted octanol–water partition coefficient (Wildman–Crippen LogP) is 2.59. The molecule has 4 aliphatic carbocycles. The number of hydrogen-bond acceptors (Lipinski definition) is 2. The molecule has 3 nitrogen and oxygen atoms in total. The topological polar surface area (TPSA) is 55.1 Å². The Hall–Kier alpha value is -0.570. The summed E-state index contributed by atoms with van der Waals surface area (Å²) < 4.78 is 0.